The lowest BCUT2D eigenvalue weighted by atomic mass is 9.83. The average molecular weight is 476 g/mol. The summed E-state index contributed by atoms with van der Waals surface area (Å²) < 4.78 is 1.35. The lowest BCUT2D eigenvalue weighted by molar-refractivity contribution is -0.118. The zero-order chi connectivity index (χ0) is 23.5. The van der Waals surface area contributed by atoms with Crippen LogP contribution >= 0.6 is 11.6 Å². The summed E-state index contributed by atoms with van der Waals surface area (Å²) in [5.74, 6) is 1.04. The van der Waals surface area contributed by atoms with Crippen LogP contribution in [0.1, 0.15) is 61.1 Å². The molecule has 34 heavy (non-hydrogen) atoms. The van der Waals surface area contributed by atoms with Gasteiger partial charge in [-0.2, -0.15) is 5.10 Å². The third kappa shape index (κ3) is 5.58. The van der Waals surface area contributed by atoms with Crippen molar-refractivity contribution in [1.29, 1.82) is 0 Å². The molecule has 0 saturated heterocycles. The first-order valence-corrected chi connectivity index (χ1v) is 12.7. The predicted molar refractivity (Wildman–Crippen MR) is 135 cm³/mol. The molecule has 5 nitrogen and oxygen atoms in total. The van der Waals surface area contributed by atoms with Gasteiger partial charge in [-0.05, 0) is 78.8 Å². The molecular weight excluding hydrogens is 446 g/mol. The molecule has 2 aliphatic carbocycles. The summed E-state index contributed by atoms with van der Waals surface area (Å²) in [7, 11) is 0. The summed E-state index contributed by atoms with van der Waals surface area (Å²) in [6, 6.07) is 19.2. The molecule has 1 amide bonds. The molecule has 6 heteroatoms. The molecule has 5 rings (SSSR count). The number of hydrogen-bond donors (Lipinski definition) is 1. The molecule has 1 aromatic heterocycles. The number of halogens is 1. The van der Waals surface area contributed by atoms with Gasteiger partial charge in [-0.1, -0.05) is 60.8 Å². The minimum absolute atomic E-state index is 0.0657. The summed E-state index contributed by atoms with van der Waals surface area (Å²) in [6.45, 7) is 0.341. The fourth-order valence-electron chi connectivity index (χ4n) is 5.12. The van der Waals surface area contributed by atoms with Crippen molar-refractivity contribution in [2.45, 2.75) is 57.4 Å². The summed E-state index contributed by atoms with van der Waals surface area (Å²) in [4.78, 5) is 25.6. The number of nitrogens with zero attached hydrogens (tertiary/aromatic N) is 2. The van der Waals surface area contributed by atoms with Gasteiger partial charge in [0, 0.05) is 11.8 Å². The van der Waals surface area contributed by atoms with E-state index in [1.165, 1.54) is 48.1 Å². The molecule has 176 valence electrons. The number of benzene rings is 2. The zero-order valence-corrected chi connectivity index (χ0v) is 20.0. The first-order valence-electron chi connectivity index (χ1n) is 12.3. The van der Waals surface area contributed by atoms with Crippen molar-refractivity contribution in [2.75, 3.05) is 5.32 Å². The van der Waals surface area contributed by atoms with Crippen molar-refractivity contribution in [2.24, 2.45) is 11.8 Å². The van der Waals surface area contributed by atoms with Gasteiger partial charge in [-0.15, -0.1) is 0 Å². The number of nitrogens with one attached hydrogen (secondary N) is 1. The first-order chi connectivity index (χ1) is 16.5. The van der Waals surface area contributed by atoms with Gasteiger partial charge < -0.3 is 5.32 Å². The van der Waals surface area contributed by atoms with Crippen LogP contribution in [0.4, 0.5) is 5.69 Å². The molecule has 0 spiro atoms. The molecule has 0 radical (unpaired) electrons. The lowest BCUT2D eigenvalue weighted by Crippen LogP contribution is -2.26. The monoisotopic (exact) mass is 475 g/mol. The van der Waals surface area contributed by atoms with E-state index in [2.05, 4.69) is 22.5 Å². The van der Waals surface area contributed by atoms with E-state index in [1.54, 1.807) is 0 Å². The van der Waals surface area contributed by atoms with Gasteiger partial charge in [0.25, 0.3) is 5.56 Å². The SMILES string of the molecule is O=C(Nc1cccc(CC2CC2)c1)C(c1ccc(Cn2nc(Cl)ccc2=O)cc1)C1CCCC1. The van der Waals surface area contributed by atoms with E-state index in [0.717, 1.165) is 42.0 Å². The van der Waals surface area contributed by atoms with Gasteiger partial charge in [0.1, 0.15) is 5.15 Å². The Labute approximate surface area is 205 Å². The standard InChI is InChI=1S/C28H30ClN3O2/c29-25-14-15-26(33)32(31-25)18-20-10-12-23(13-11-20)27(22-5-1-2-6-22)28(34)30-24-7-3-4-21(17-24)16-19-8-9-19/h3-4,7,10-15,17,19,22,27H,1-2,5-6,8-9,16,18H2,(H,30,34). The van der Waals surface area contributed by atoms with Gasteiger partial charge >= 0.3 is 0 Å². The molecule has 1 heterocycles. The Bertz CT molecular complexity index is 1210. The minimum atomic E-state index is -0.194. The van der Waals surface area contributed by atoms with Crippen LogP contribution in [0.2, 0.25) is 5.15 Å². The third-order valence-corrected chi connectivity index (χ3v) is 7.28. The number of amides is 1. The number of carbonyl (C=O) groups excluding carboxylic acids is 1. The Morgan fingerprint density at radius 2 is 1.76 bits per heavy atom. The second-order valence-electron chi connectivity index (χ2n) is 9.75. The smallest absolute Gasteiger partial charge is 0.267 e. The molecule has 3 aromatic rings. The van der Waals surface area contributed by atoms with Gasteiger partial charge in [0.15, 0.2) is 0 Å². The Balaban J connectivity index is 1.34. The summed E-state index contributed by atoms with van der Waals surface area (Å²) in [5.41, 5.74) is 3.95. The molecule has 2 aliphatic rings. The highest BCUT2D eigenvalue weighted by molar-refractivity contribution is 6.29. The topological polar surface area (TPSA) is 64.0 Å². The minimum Gasteiger partial charge on any atom is -0.326 e. The summed E-state index contributed by atoms with van der Waals surface area (Å²) in [5, 5.41) is 7.60. The lowest BCUT2D eigenvalue weighted by Gasteiger charge is -2.23. The van der Waals surface area contributed by atoms with Crippen LogP contribution in [0.5, 0.6) is 0 Å². The van der Waals surface area contributed by atoms with Gasteiger partial charge in [-0.3, -0.25) is 9.59 Å². The van der Waals surface area contributed by atoms with E-state index >= 15 is 0 Å². The van der Waals surface area contributed by atoms with E-state index in [4.69, 9.17) is 11.6 Å². The maximum absolute atomic E-state index is 13.5. The Hall–Kier alpha value is -2.92. The van der Waals surface area contributed by atoms with Crippen LogP contribution in [0.25, 0.3) is 0 Å². The van der Waals surface area contributed by atoms with Gasteiger partial charge in [-0.25, -0.2) is 4.68 Å². The maximum Gasteiger partial charge on any atom is 0.267 e. The van der Waals surface area contributed by atoms with E-state index < -0.39 is 0 Å². The number of hydrogen-bond acceptors (Lipinski definition) is 3. The van der Waals surface area contributed by atoms with Crippen LogP contribution in [-0.2, 0) is 17.8 Å². The third-order valence-electron chi connectivity index (χ3n) is 7.07. The molecule has 1 atom stereocenters. The molecule has 0 bridgehead atoms. The van der Waals surface area contributed by atoms with Gasteiger partial charge in [0.2, 0.25) is 5.91 Å². The van der Waals surface area contributed by atoms with Crippen molar-refractivity contribution in [3.8, 4) is 0 Å². The largest absolute Gasteiger partial charge is 0.326 e. The molecule has 0 aliphatic heterocycles. The van der Waals surface area contributed by atoms with Crippen molar-refractivity contribution in [3.63, 3.8) is 0 Å². The molecule has 2 fully saturated rings. The van der Waals surface area contributed by atoms with E-state index in [9.17, 15) is 9.59 Å². The molecule has 2 saturated carbocycles. The quantitative estimate of drug-likeness (QED) is 0.447. The summed E-state index contributed by atoms with van der Waals surface area (Å²) in [6.07, 6.45) is 8.23. The molecule has 2 aromatic carbocycles. The molecule has 1 unspecified atom stereocenters. The predicted octanol–water partition coefficient (Wildman–Crippen LogP) is 5.81. The van der Waals surface area contributed by atoms with Crippen molar-refractivity contribution in [1.82, 2.24) is 9.78 Å². The van der Waals surface area contributed by atoms with Crippen molar-refractivity contribution < 1.29 is 4.79 Å². The normalized spacial score (nSPS) is 17.0. The highest BCUT2D eigenvalue weighted by Gasteiger charge is 2.32. The van der Waals surface area contributed by atoms with Crippen molar-refractivity contribution in [3.05, 3.63) is 92.9 Å². The van der Waals surface area contributed by atoms with Crippen molar-refractivity contribution >= 4 is 23.2 Å². The first kappa shape index (κ1) is 22.9. The van der Waals surface area contributed by atoms with Crippen LogP contribution < -0.4 is 10.9 Å². The van der Waals surface area contributed by atoms with Gasteiger partial charge in [0.05, 0.1) is 12.5 Å². The highest BCUT2D eigenvalue weighted by atomic mass is 35.5. The number of rotatable bonds is 8. The highest BCUT2D eigenvalue weighted by Crippen LogP contribution is 2.38. The number of aromatic nitrogens is 2. The van der Waals surface area contributed by atoms with E-state index in [1.807, 2.05) is 36.4 Å². The zero-order valence-electron chi connectivity index (χ0n) is 19.3. The van der Waals surface area contributed by atoms with Crippen LogP contribution in [-0.4, -0.2) is 15.7 Å². The molecular formula is C28H30ClN3O2. The number of anilines is 1. The second-order valence-corrected chi connectivity index (χ2v) is 10.1. The van der Waals surface area contributed by atoms with E-state index in [-0.39, 0.29) is 22.5 Å². The second kappa shape index (κ2) is 10.1. The Morgan fingerprint density at radius 3 is 2.50 bits per heavy atom. The fourth-order valence-corrected chi connectivity index (χ4v) is 5.27. The van der Waals surface area contributed by atoms with E-state index in [0.29, 0.717) is 12.5 Å². The summed E-state index contributed by atoms with van der Waals surface area (Å²) >= 11 is 5.95. The van der Waals surface area contributed by atoms with Crippen LogP contribution in [0, 0.1) is 11.8 Å². The fraction of sp³-hybridized carbons (Fsp3) is 0.393. The molecule has 1 N–H and O–H groups in total. The number of carbonyl (C=O) groups is 1. The maximum atomic E-state index is 13.5. The van der Waals surface area contributed by atoms with Crippen LogP contribution in [0.3, 0.4) is 0 Å². The Kier molecular flexibility index (Phi) is 6.82. The van der Waals surface area contributed by atoms with Crippen LogP contribution in [0.15, 0.2) is 65.5 Å². The Morgan fingerprint density at radius 1 is 1.00 bits per heavy atom. The average Bonchev–Trinajstić information content (AvgIpc) is 3.48.